The van der Waals surface area contributed by atoms with E-state index in [9.17, 15) is 9.59 Å². The number of anilines is 1. The van der Waals surface area contributed by atoms with Crippen LogP contribution in [0.1, 0.15) is 19.4 Å². The Hall–Kier alpha value is -3.74. The van der Waals surface area contributed by atoms with Crippen LogP contribution < -0.4 is 25.4 Å². The smallest absolute Gasteiger partial charge is 0.319 e. The fourth-order valence-corrected chi connectivity index (χ4v) is 3.65. The Morgan fingerprint density at radius 3 is 2.36 bits per heavy atom. The van der Waals surface area contributed by atoms with Crippen LogP contribution in [0.15, 0.2) is 60.7 Å². The van der Waals surface area contributed by atoms with Crippen molar-refractivity contribution in [2.24, 2.45) is 5.92 Å². The van der Waals surface area contributed by atoms with E-state index in [1.807, 2.05) is 74.5 Å². The van der Waals surface area contributed by atoms with Crippen LogP contribution in [0.4, 0.5) is 10.5 Å². The van der Waals surface area contributed by atoms with Crippen LogP contribution in [0.2, 0.25) is 0 Å². The topological polar surface area (TPSA) is 88.7 Å². The van der Waals surface area contributed by atoms with Gasteiger partial charge in [-0.3, -0.25) is 4.79 Å². The summed E-state index contributed by atoms with van der Waals surface area (Å²) < 4.78 is 10.6. The largest absolute Gasteiger partial charge is 0.493 e. The summed E-state index contributed by atoms with van der Waals surface area (Å²) in [6, 6.07) is 18.1. The molecule has 3 aromatic rings. The number of methoxy groups -OCH3 is 2. The summed E-state index contributed by atoms with van der Waals surface area (Å²) in [7, 11) is 3.18. The van der Waals surface area contributed by atoms with Gasteiger partial charge in [-0.2, -0.15) is 0 Å². The Bertz CT molecular complexity index is 1110. The molecule has 0 heterocycles. The zero-order valence-corrected chi connectivity index (χ0v) is 19.5. The maximum atomic E-state index is 12.8. The average molecular weight is 450 g/mol. The fraction of sp³-hybridized carbons (Fsp3) is 0.308. The number of fused-ring (bicyclic) bond motifs is 1. The summed E-state index contributed by atoms with van der Waals surface area (Å²) in [6.07, 6.45) is 0.624. The quantitative estimate of drug-likeness (QED) is 0.453. The second-order valence-electron chi connectivity index (χ2n) is 8.08. The molecule has 0 saturated carbocycles. The SMILES string of the molecule is COc1ccc(CCNC(=O)C(NC(=O)Nc2cccc3ccccc23)C(C)C)cc1OC. The van der Waals surface area contributed by atoms with Gasteiger partial charge in [-0.1, -0.05) is 56.3 Å². The molecule has 3 amide bonds. The third-order valence-corrected chi connectivity index (χ3v) is 5.43. The Morgan fingerprint density at radius 1 is 0.909 bits per heavy atom. The van der Waals surface area contributed by atoms with Crippen LogP contribution >= 0.6 is 0 Å². The highest BCUT2D eigenvalue weighted by molar-refractivity contribution is 6.02. The van der Waals surface area contributed by atoms with Gasteiger partial charge in [0, 0.05) is 11.9 Å². The number of carbonyl (C=O) groups excluding carboxylic acids is 2. The van der Waals surface area contributed by atoms with Gasteiger partial charge in [0.2, 0.25) is 5.91 Å². The second kappa shape index (κ2) is 11.2. The molecule has 0 aliphatic heterocycles. The Balaban J connectivity index is 1.58. The van der Waals surface area contributed by atoms with Gasteiger partial charge in [0.1, 0.15) is 6.04 Å². The van der Waals surface area contributed by atoms with Crippen LogP contribution in [-0.2, 0) is 11.2 Å². The molecule has 0 aliphatic carbocycles. The number of urea groups is 1. The highest BCUT2D eigenvalue weighted by atomic mass is 16.5. The number of amides is 3. The van der Waals surface area contributed by atoms with Gasteiger partial charge >= 0.3 is 6.03 Å². The number of ether oxygens (including phenoxy) is 2. The minimum Gasteiger partial charge on any atom is -0.493 e. The molecule has 0 fully saturated rings. The molecule has 0 spiro atoms. The average Bonchev–Trinajstić information content (AvgIpc) is 2.82. The van der Waals surface area contributed by atoms with Crippen LogP contribution in [-0.4, -0.2) is 38.7 Å². The van der Waals surface area contributed by atoms with Crippen LogP contribution in [0.25, 0.3) is 10.8 Å². The van der Waals surface area contributed by atoms with Gasteiger partial charge in [0.05, 0.1) is 19.9 Å². The van der Waals surface area contributed by atoms with E-state index in [2.05, 4.69) is 16.0 Å². The van der Waals surface area contributed by atoms with Crippen molar-refractivity contribution < 1.29 is 19.1 Å². The molecule has 0 bridgehead atoms. The molecule has 1 atom stereocenters. The summed E-state index contributed by atoms with van der Waals surface area (Å²) in [6.45, 7) is 4.23. The lowest BCUT2D eigenvalue weighted by Crippen LogP contribution is -2.51. The first-order chi connectivity index (χ1) is 15.9. The summed E-state index contributed by atoms with van der Waals surface area (Å²) in [5.41, 5.74) is 1.71. The lowest BCUT2D eigenvalue weighted by molar-refractivity contribution is -0.123. The number of rotatable bonds is 9. The molecule has 3 N–H and O–H groups in total. The van der Waals surface area contributed by atoms with Crippen molar-refractivity contribution in [3.63, 3.8) is 0 Å². The normalized spacial score (nSPS) is 11.7. The number of hydrogen-bond donors (Lipinski definition) is 3. The van der Waals surface area contributed by atoms with Gasteiger partial charge in [0.15, 0.2) is 11.5 Å². The highest BCUT2D eigenvalue weighted by Crippen LogP contribution is 2.27. The summed E-state index contributed by atoms with van der Waals surface area (Å²) >= 11 is 0. The molecule has 0 radical (unpaired) electrons. The number of carbonyl (C=O) groups is 2. The zero-order chi connectivity index (χ0) is 23.8. The van der Waals surface area contributed by atoms with Crippen molar-refractivity contribution in [2.45, 2.75) is 26.3 Å². The summed E-state index contributed by atoms with van der Waals surface area (Å²) in [5, 5.41) is 10.6. The Labute approximate surface area is 194 Å². The molecular formula is C26H31N3O4. The van der Waals surface area contributed by atoms with Crippen molar-refractivity contribution >= 4 is 28.4 Å². The molecule has 3 rings (SSSR count). The third kappa shape index (κ3) is 6.16. The van der Waals surface area contributed by atoms with Gasteiger partial charge in [-0.05, 0) is 41.5 Å². The fourth-order valence-electron chi connectivity index (χ4n) is 3.65. The van der Waals surface area contributed by atoms with Gasteiger partial charge in [-0.15, -0.1) is 0 Å². The van der Waals surface area contributed by atoms with Gasteiger partial charge in [0.25, 0.3) is 0 Å². The lowest BCUT2D eigenvalue weighted by Gasteiger charge is -2.22. The first-order valence-electron chi connectivity index (χ1n) is 11.0. The third-order valence-electron chi connectivity index (χ3n) is 5.43. The first-order valence-corrected chi connectivity index (χ1v) is 11.0. The molecule has 0 aromatic heterocycles. The molecule has 1 unspecified atom stereocenters. The number of nitrogens with one attached hydrogen (secondary N) is 3. The van der Waals surface area contributed by atoms with E-state index in [4.69, 9.17) is 9.47 Å². The van der Waals surface area contributed by atoms with Crippen molar-refractivity contribution in [3.8, 4) is 11.5 Å². The van der Waals surface area contributed by atoms with Gasteiger partial charge in [-0.25, -0.2) is 4.79 Å². The van der Waals surface area contributed by atoms with E-state index in [-0.39, 0.29) is 11.8 Å². The lowest BCUT2D eigenvalue weighted by atomic mass is 10.0. The second-order valence-corrected chi connectivity index (χ2v) is 8.08. The van der Waals surface area contributed by atoms with E-state index in [0.717, 1.165) is 16.3 Å². The Morgan fingerprint density at radius 2 is 1.64 bits per heavy atom. The summed E-state index contributed by atoms with van der Waals surface area (Å²) in [5.74, 6) is 1.00. The highest BCUT2D eigenvalue weighted by Gasteiger charge is 2.24. The van der Waals surface area contributed by atoms with Crippen LogP contribution in [0.3, 0.4) is 0 Å². The number of benzene rings is 3. The summed E-state index contributed by atoms with van der Waals surface area (Å²) in [4.78, 5) is 25.5. The maximum Gasteiger partial charge on any atom is 0.319 e. The van der Waals surface area contributed by atoms with Crippen molar-refractivity contribution in [2.75, 3.05) is 26.1 Å². The van der Waals surface area contributed by atoms with Crippen molar-refractivity contribution in [1.82, 2.24) is 10.6 Å². The molecular weight excluding hydrogens is 418 g/mol. The molecule has 0 saturated heterocycles. The van der Waals surface area contributed by atoms with E-state index < -0.39 is 12.1 Å². The van der Waals surface area contributed by atoms with Gasteiger partial charge < -0.3 is 25.4 Å². The van der Waals surface area contributed by atoms with E-state index in [0.29, 0.717) is 30.2 Å². The molecule has 0 aliphatic rings. The van der Waals surface area contributed by atoms with Crippen molar-refractivity contribution in [3.05, 3.63) is 66.2 Å². The zero-order valence-electron chi connectivity index (χ0n) is 19.5. The molecule has 174 valence electrons. The van der Waals surface area contributed by atoms with E-state index in [1.165, 1.54) is 0 Å². The molecule has 33 heavy (non-hydrogen) atoms. The minimum absolute atomic E-state index is 0.0793. The first kappa shape index (κ1) is 23.9. The monoisotopic (exact) mass is 449 g/mol. The molecule has 7 nitrogen and oxygen atoms in total. The van der Waals surface area contributed by atoms with E-state index in [1.54, 1.807) is 14.2 Å². The van der Waals surface area contributed by atoms with Crippen molar-refractivity contribution in [1.29, 1.82) is 0 Å². The molecule has 7 heteroatoms. The van der Waals surface area contributed by atoms with E-state index >= 15 is 0 Å². The Kier molecular flexibility index (Phi) is 8.13. The standard InChI is InChI=1S/C26H31N3O4/c1-17(2)24(25(30)27-15-14-18-12-13-22(32-3)23(16-18)33-4)29-26(31)28-21-11-7-9-19-8-5-6-10-20(19)21/h5-13,16-17,24H,14-15H2,1-4H3,(H,27,30)(H2,28,29,31). The predicted molar refractivity (Wildman–Crippen MR) is 131 cm³/mol. The van der Waals surface area contributed by atoms with Crippen LogP contribution in [0, 0.1) is 5.92 Å². The predicted octanol–water partition coefficient (Wildman–Crippen LogP) is 4.36. The molecule has 3 aromatic carbocycles. The number of hydrogen-bond acceptors (Lipinski definition) is 4. The minimum atomic E-state index is -0.662. The maximum absolute atomic E-state index is 12.8. The van der Waals surface area contributed by atoms with Crippen LogP contribution in [0.5, 0.6) is 11.5 Å².